The van der Waals surface area contributed by atoms with Crippen molar-refractivity contribution in [3.8, 4) is 0 Å². The largest absolute Gasteiger partial charge is 0.379 e. The SMILES string of the molecule is CC1CNCCCN1CCCN1CCOCC1. The van der Waals surface area contributed by atoms with Crippen LogP contribution >= 0.6 is 0 Å². The molecular formula is C13H27N3O. The Morgan fingerprint density at radius 3 is 2.82 bits per heavy atom. The van der Waals surface area contributed by atoms with Crippen molar-refractivity contribution in [2.24, 2.45) is 0 Å². The Balaban J connectivity index is 1.62. The normalized spacial score (nSPS) is 29.1. The minimum atomic E-state index is 0.696. The van der Waals surface area contributed by atoms with Crippen molar-refractivity contribution in [2.75, 3.05) is 59.0 Å². The van der Waals surface area contributed by atoms with Crippen molar-refractivity contribution < 1.29 is 4.74 Å². The number of hydrogen-bond acceptors (Lipinski definition) is 4. The molecule has 0 spiro atoms. The molecule has 2 fully saturated rings. The molecule has 0 aliphatic carbocycles. The number of morpholine rings is 1. The number of hydrogen-bond donors (Lipinski definition) is 1. The summed E-state index contributed by atoms with van der Waals surface area (Å²) in [6.45, 7) is 12.5. The molecule has 100 valence electrons. The molecule has 2 heterocycles. The standard InChI is InChI=1S/C13H27N3O/c1-13-12-14-4-2-6-16(13)7-3-5-15-8-10-17-11-9-15/h13-14H,2-12H2,1H3. The summed E-state index contributed by atoms with van der Waals surface area (Å²) in [5.41, 5.74) is 0. The summed E-state index contributed by atoms with van der Waals surface area (Å²) in [6.07, 6.45) is 2.59. The van der Waals surface area contributed by atoms with Crippen LogP contribution in [-0.4, -0.2) is 74.9 Å². The fourth-order valence-corrected chi connectivity index (χ4v) is 2.72. The van der Waals surface area contributed by atoms with Crippen LogP contribution in [0.15, 0.2) is 0 Å². The van der Waals surface area contributed by atoms with Crippen LogP contribution in [0.1, 0.15) is 19.8 Å². The topological polar surface area (TPSA) is 27.7 Å². The van der Waals surface area contributed by atoms with Crippen molar-refractivity contribution in [3.63, 3.8) is 0 Å². The molecule has 0 aromatic carbocycles. The highest BCUT2D eigenvalue weighted by Crippen LogP contribution is 2.06. The van der Waals surface area contributed by atoms with E-state index in [4.69, 9.17) is 4.74 Å². The summed E-state index contributed by atoms with van der Waals surface area (Å²) in [7, 11) is 0. The van der Waals surface area contributed by atoms with Gasteiger partial charge < -0.3 is 10.1 Å². The third kappa shape index (κ3) is 4.54. The Morgan fingerprint density at radius 1 is 1.18 bits per heavy atom. The molecule has 0 aromatic heterocycles. The van der Waals surface area contributed by atoms with Crippen LogP contribution in [0.4, 0.5) is 0 Å². The van der Waals surface area contributed by atoms with Crippen LogP contribution in [0.5, 0.6) is 0 Å². The summed E-state index contributed by atoms with van der Waals surface area (Å²) in [5, 5.41) is 3.50. The van der Waals surface area contributed by atoms with Crippen molar-refractivity contribution in [3.05, 3.63) is 0 Å². The first-order chi connectivity index (χ1) is 8.36. The Labute approximate surface area is 105 Å². The van der Waals surface area contributed by atoms with Crippen molar-refractivity contribution >= 4 is 0 Å². The van der Waals surface area contributed by atoms with Crippen LogP contribution in [-0.2, 0) is 4.74 Å². The quantitative estimate of drug-likeness (QED) is 0.771. The zero-order chi connectivity index (χ0) is 11.9. The van der Waals surface area contributed by atoms with Crippen molar-refractivity contribution in [2.45, 2.75) is 25.8 Å². The van der Waals surface area contributed by atoms with Gasteiger partial charge in [0.05, 0.1) is 13.2 Å². The van der Waals surface area contributed by atoms with Gasteiger partial charge in [0.1, 0.15) is 0 Å². The van der Waals surface area contributed by atoms with E-state index in [1.807, 2.05) is 0 Å². The molecule has 2 saturated heterocycles. The minimum Gasteiger partial charge on any atom is -0.379 e. The van der Waals surface area contributed by atoms with E-state index in [1.54, 1.807) is 0 Å². The van der Waals surface area contributed by atoms with E-state index >= 15 is 0 Å². The fraction of sp³-hybridized carbons (Fsp3) is 1.00. The molecule has 0 radical (unpaired) electrons. The molecular weight excluding hydrogens is 214 g/mol. The van der Waals surface area contributed by atoms with Gasteiger partial charge in [0, 0.05) is 25.7 Å². The molecule has 4 heteroatoms. The van der Waals surface area contributed by atoms with Gasteiger partial charge in [0.15, 0.2) is 0 Å². The van der Waals surface area contributed by atoms with Gasteiger partial charge in [-0.1, -0.05) is 0 Å². The summed E-state index contributed by atoms with van der Waals surface area (Å²) in [5.74, 6) is 0. The maximum absolute atomic E-state index is 5.37. The summed E-state index contributed by atoms with van der Waals surface area (Å²) < 4.78 is 5.37. The lowest BCUT2D eigenvalue weighted by molar-refractivity contribution is 0.0356. The Hall–Kier alpha value is -0.160. The number of rotatable bonds is 4. The van der Waals surface area contributed by atoms with E-state index in [0.717, 1.165) is 32.8 Å². The van der Waals surface area contributed by atoms with Crippen LogP contribution in [0.3, 0.4) is 0 Å². The molecule has 0 aromatic rings. The molecule has 1 atom stereocenters. The van der Waals surface area contributed by atoms with Gasteiger partial charge in [-0.05, 0) is 45.9 Å². The van der Waals surface area contributed by atoms with Crippen LogP contribution in [0, 0.1) is 0 Å². The molecule has 17 heavy (non-hydrogen) atoms. The Morgan fingerprint density at radius 2 is 2.00 bits per heavy atom. The predicted octanol–water partition coefficient (Wildman–Crippen LogP) is 0.393. The van der Waals surface area contributed by atoms with Gasteiger partial charge in [0.2, 0.25) is 0 Å². The smallest absolute Gasteiger partial charge is 0.0594 e. The lowest BCUT2D eigenvalue weighted by atomic mass is 10.2. The summed E-state index contributed by atoms with van der Waals surface area (Å²) in [6, 6.07) is 0.696. The van der Waals surface area contributed by atoms with Crippen LogP contribution in [0.2, 0.25) is 0 Å². The molecule has 0 bridgehead atoms. The first kappa shape index (κ1) is 13.3. The lowest BCUT2D eigenvalue weighted by Crippen LogP contribution is -2.41. The molecule has 0 saturated carbocycles. The lowest BCUT2D eigenvalue weighted by Gasteiger charge is -2.30. The molecule has 4 nitrogen and oxygen atoms in total. The van der Waals surface area contributed by atoms with Gasteiger partial charge >= 0.3 is 0 Å². The maximum Gasteiger partial charge on any atom is 0.0594 e. The zero-order valence-electron chi connectivity index (χ0n) is 11.2. The monoisotopic (exact) mass is 241 g/mol. The van der Waals surface area contributed by atoms with Crippen LogP contribution in [0.25, 0.3) is 0 Å². The van der Waals surface area contributed by atoms with Gasteiger partial charge in [-0.3, -0.25) is 9.80 Å². The van der Waals surface area contributed by atoms with Crippen molar-refractivity contribution in [1.29, 1.82) is 0 Å². The zero-order valence-corrected chi connectivity index (χ0v) is 11.2. The average Bonchev–Trinajstić information content (AvgIpc) is 2.56. The average molecular weight is 241 g/mol. The van der Waals surface area contributed by atoms with E-state index in [2.05, 4.69) is 22.0 Å². The summed E-state index contributed by atoms with van der Waals surface area (Å²) in [4.78, 5) is 5.17. The fourth-order valence-electron chi connectivity index (χ4n) is 2.72. The van der Waals surface area contributed by atoms with E-state index in [9.17, 15) is 0 Å². The van der Waals surface area contributed by atoms with Gasteiger partial charge in [-0.2, -0.15) is 0 Å². The van der Waals surface area contributed by atoms with Gasteiger partial charge in [-0.15, -0.1) is 0 Å². The third-order valence-electron chi connectivity index (χ3n) is 3.89. The second-order valence-electron chi connectivity index (χ2n) is 5.25. The first-order valence-corrected chi connectivity index (χ1v) is 7.11. The van der Waals surface area contributed by atoms with E-state index in [1.165, 1.54) is 39.0 Å². The number of nitrogens with one attached hydrogen (secondary N) is 1. The summed E-state index contributed by atoms with van der Waals surface area (Å²) >= 11 is 0. The molecule has 2 rings (SSSR count). The first-order valence-electron chi connectivity index (χ1n) is 7.11. The second kappa shape index (κ2) is 7.31. The molecule has 2 aliphatic rings. The maximum atomic E-state index is 5.37. The molecule has 0 amide bonds. The van der Waals surface area contributed by atoms with E-state index < -0.39 is 0 Å². The molecule has 2 aliphatic heterocycles. The van der Waals surface area contributed by atoms with Crippen molar-refractivity contribution in [1.82, 2.24) is 15.1 Å². The highest BCUT2D eigenvalue weighted by molar-refractivity contribution is 4.74. The second-order valence-corrected chi connectivity index (χ2v) is 5.25. The number of ether oxygens (including phenoxy) is 1. The highest BCUT2D eigenvalue weighted by Gasteiger charge is 2.16. The Bertz CT molecular complexity index is 207. The molecule has 1 unspecified atom stereocenters. The van der Waals surface area contributed by atoms with E-state index in [0.29, 0.717) is 6.04 Å². The van der Waals surface area contributed by atoms with Crippen LogP contribution < -0.4 is 5.32 Å². The molecule has 1 N–H and O–H groups in total. The highest BCUT2D eigenvalue weighted by atomic mass is 16.5. The number of nitrogens with zero attached hydrogens (tertiary/aromatic N) is 2. The van der Waals surface area contributed by atoms with Gasteiger partial charge in [0.25, 0.3) is 0 Å². The van der Waals surface area contributed by atoms with E-state index in [-0.39, 0.29) is 0 Å². The predicted molar refractivity (Wildman–Crippen MR) is 70.4 cm³/mol. The Kier molecular flexibility index (Phi) is 5.71. The minimum absolute atomic E-state index is 0.696. The third-order valence-corrected chi connectivity index (χ3v) is 3.89. The van der Waals surface area contributed by atoms with Gasteiger partial charge in [-0.25, -0.2) is 0 Å².